The zero-order valence-corrected chi connectivity index (χ0v) is 15.8. The molecule has 1 amide bonds. The molecule has 1 aliphatic heterocycles. The molecule has 144 valence electrons. The van der Waals surface area contributed by atoms with Crippen molar-refractivity contribution in [2.24, 2.45) is 0 Å². The van der Waals surface area contributed by atoms with Crippen LogP contribution in [-0.2, 0) is 16.0 Å². The van der Waals surface area contributed by atoms with Crippen LogP contribution in [0.5, 0.6) is 5.75 Å². The van der Waals surface area contributed by atoms with Crippen LogP contribution in [0.4, 0.5) is 18.9 Å². The molecule has 2 aromatic rings. The summed E-state index contributed by atoms with van der Waals surface area (Å²) in [5.41, 5.74) is -1.51. The molecule has 0 saturated carbocycles. The highest BCUT2D eigenvalue weighted by Gasteiger charge is 2.40. The number of methoxy groups -OCH3 is 1. The van der Waals surface area contributed by atoms with E-state index in [0.29, 0.717) is 12.1 Å². The minimum Gasteiger partial charge on any atom is -0.494 e. The predicted molar refractivity (Wildman–Crippen MR) is 93.3 cm³/mol. The Morgan fingerprint density at radius 3 is 2.26 bits per heavy atom. The maximum atomic E-state index is 13.0. The number of hydrogen-bond acceptors (Lipinski definition) is 4. The van der Waals surface area contributed by atoms with E-state index in [1.165, 1.54) is 19.2 Å². The fourth-order valence-corrected chi connectivity index (χ4v) is 4.82. The smallest absolute Gasteiger partial charge is 0.416 e. The number of carbonyl (C=O) groups is 1. The molecule has 2 aromatic carbocycles. The summed E-state index contributed by atoms with van der Waals surface area (Å²) in [6.07, 6.45) is -4.69. The molecule has 5 nitrogen and oxygen atoms in total. The molecule has 0 unspecified atom stereocenters. The lowest BCUT2D eigenvalue weighted by atomic mass is 10.1. The number of carbonyl (C=O) groups excluding carboxylic acids is 1. The van der Waals surface area contributed by atoms with E-state index in [-0.39, 0.29) is 31.9 Å². The van der Waals surface area contributed by atoms with Gasteiger partial charge in [0.05, 0.1) is 33.3 Å². The summed E-state index contributed by atoms with van der Waals surface area (Å²) in [7, 11) is -2.64. The number of nitrogens with zero attached hydrogens (tertiary/aromatic N) is 1. The first-order chi connectivity index (χ1) is 12.5. The van der Waals surface area contributed by atoms with Crippen LogP contribution in [0.15, 0.2) is 35.2 Å². The topological polar surface area (TPSA) is 63.7 Å². The SMILES string of the molecule is COc1c(Cl)cc(C(=O)N2CS(=O)(=O)c3ccc(C(F)(F)F)cc32)cc1Cl. The normalized spacial score (nSPS) is 15.6. The predicted octanol–water partition coefficient (Wildman–Crippen LogP) is 4.41. The molecule has 0 aliphatic carbocycles. The van der Waals surface area contributed by atoms with E-state index in [4.69, 9.17) is 27.9 Å². The second kappa shape index (κ2) is 6.57. The molecule has 0 saturated heterocycles. The molecule has 27 heavy (non-hydrogen) atoms. The Hall–Kier alpha value is -1.97. The third-order valence-electron chi connectivity index (χ3n) is 3.91. The van der Waals surface area contributed by atoms with E-state index in [0.717, 1.165) is 11.0 Å². The van der Waals surface area contributed by atoms with Crippen molar-refractivity contribution in [2.75, 3.05) is 17.9 Å². The number of amides is 1. The van der Waals surface area contributed by atoms with E-state index in [2.05, 4.69) is 0 Å². The largest absolute Gasteiger partial charge is 0.494 e. The van der Waals surface area contributed by atoms with Crippen LogP contribution in [0.2, 0.25) is 10.0 Å². The van der Waals surface area contributed by atoms with Crippen molar-refractivity contribution >= 4 is 44.6 Å². The zero-order chi connectivity index (χ0) is 20.1. The fourth-order valence-electron chi connectivity index (χ4n) is 2.68. The summed E-state index contributed by atoms with van der Waals surface area (Å²) < 4.78 is 68.4. The number of sulfone groups is 1. The van der Waals surface area contributed by atoms with Gasteiger partial charge in [0.1, 0.15) is 5.88 Å². The van der Waals surface area contributed by atoms with Gasteiger partial charge in [-0.15, -0.1) is 0 Å². The van der Waals surface area contributed by atoms with Crippen LogP contribution in [0.3, 0.4) is 0 Å². The van der Waals surface area contributed by atoms with Gasteiger partial charge in [-0.1, -0.05) is 23.2 Å². The lowest BCUT2D eigenvalue weighted by Gasteiger charge is -2.18. The molecule has 0 aromatic heterocycles. The lowest BCUT2D eigenvalue weighted by Crippen LogP contribution is -2.30. The van der Waals surface area contributed by atoms with Gasteiger partial charge in [0.25, 0.3) is 5.91 Å². The number of benzene rings is 2. The van der Waals surface area contributed by atoms with E-state index in [9.17, 15) is 26.4 Å². The Labute approximate surface area is 162 Å². The van der Waals surface area contributed by atoms with Crippen LogP contribution >= 0.6 is 23.2 Å². The molecule has 0 spiro atoms. The van der Waals surface area contributed by atoms with Crippen molar-refractivity contribution in [2.45, 2.75) is 11.1 Å². The molecule has 0 atom stereocenters. The number of rotatable bonds is 2. The maximum Gasteiger partial charge on any atom is 0.416 e. The molecule has 0 radical (unpaired) electrons. The highest BCUT2D eigenvalue weighted by molar-refractivity contribution is 7.92. The molecular formula is C16H10Cl2F3NO4S. The van der Waals surface area contributed by atoms with Crippen molar-refractivity contribution in [1.82, 2.24) is 0 Å². The van der Waals surface area contributed by atoms with Gasteiger partial charge in [0.2, 0.25) is 0 Å². The molecule has 3 rings (SSSR count). The van der Waals surface area contributed by atoms with Gasteiger partial charge in [-0.2, -0.15) is 13.2 Å². The molecule has 0 bridgehead atoms. The van der Waals surface area contributed by atoms with Crippen LogP contribution in [0.1, 0.15) is 15.9 Å². The van der Waals surface area contributed by atoms with Crippen molar-refractivity contribution in [3.8, 4) is 5.75 Å². The zero-order valence-electron chi connectivity index (χ0n) is 13.5. The highest BCUT2D eigenvalue weighted by atomic mass is 35.5. The van der Waals surface area contributed by atoms with Crippen molar-refractivity contribution in [3.63, 3.8) is 0 Å². The summed E-state index contributed by atoms with van der Waals surface area (Å²) in [4.78, 5) is 13.2. The van der Waals surface area contributed by atoms with Crippen molar-refractivity contribution in [3.05, 3.63) is 51.5 Å². The molecular weight excluding hydrogens is 430 g/mol. The molecule has 0 fully saturated rings. The molecule has 1 heterocycles. The maximum absolute atomic E-state index is 13.0. The standard InChI is InChI=1S/C16H10Cl2F3NO4S/c1-26-14-10(17)4-8(5-11(14)18)15(23)22-7-27(24,25)13-3-2-9(6-12(13)22)16(19,20)21/h2-6H,7H2,1H3. The van der Waals surface area contributed by atoms with Crippen LogP contribution < -0.4 is 9.64 Å². The van der Waals surface area contributed by atoms with E-state index >= 15 is 0 Å². The minimum absolute atomic E-state index is 0.000306. The molecule has 1 aliphatic rings. The fraction of sp³-hybridized carbons (Fsp3) is 0.188. The number of alkyl halides is 3. The number of halogens is 5. The summed E-state index contributed by atoms with van der Waals surface area (Å²) in [6, 6.07) is 4.53. The van der Waals surface area contributed by atoms with Gasteiger partial charge in [0.15, 0.2) is 15.6 Å². The summed E-state index contributed by atoms with van der Waals surface area (Å²) in [5.74, 6) is -1.53. The summed E-state index contributed by atoms with van der Waals surface area (Å²) >= 11 is 12.0. The number of anilines is 1. The van der Waals surface area contributed by atoms with Crippen molar-refractivity contribution < 1.29 is 31.1 Å². The Morgan fingerprint density at radius 1 is 1.15 bits per heavy atom. The Bertz CT molecular complexity index is 1030. The Morgan fingerprint density at radius 2 is 1.74 bits per heavy atom. The number of fused-ring (bicyclic) bond motifs is 1. The van der Waals surface area contributed by atoms with Gasteiger partial charge in [-0.25, -0.2) is 8.42 Å². The molecule has 11 heteroatoms. The lowest BCUT2D eigenvalue weighted by molar-refractivity contribution is -0.137. The third-order valence-corrected chi connectivity index (χ3v) is 6.08. The third kappa shape index (κ3) is 3.46. The monoisotopic (exact) mass is 439 g/mol. The number of ether oxygens (including phenoxy) is 1. The van der Waals surface area contributed by atoms with Crippen LogP contribution in [-0.4, -0.2) is 27.3 Å². The quantitative estimate of drug-likeness (QED) is 0.694. The first kappa shape index (κ1) is 19.8. The first-order valence-corrected chi connectivity index (χ1v) is 9.65. The van der Waals surface area contributed by atoms with Gasteiger partial charge in [0, 0.05) is 5.56 Å². The molecule has 0 N–H and O–H groups in total. The van der Waals surface area contributed by atoms with E-state index < -0.39 is 33.4 Å². The first-order valence-electron chi connectivity index (χ1n) is 7.24. The average Bonchev–Trinajstić information content (AvgIpc) is 2.84. The van der Waals surface area contributed by atoms with Gasteiger partial charge >= 0.3 is 6.18 Å². The van der Waals surface area contributed by atoms with Crippen molar-refractivity contribution in [1.29, 1.82) is 0 Å². The summed E-state index contributed by atoms with van der Waals surface area (Å²) in [6.45, 7) is 0. The Balaban J connectivity index is 2.11. The van der Waals surface area contributed by atoms with Gasteiger partial charge in [-0.3, -0.25) is 9.69 Å². The summed E-state index contributed by atoms with van der Waals surface area (Å²) in [5, 5.41) is -0.000612. The second-order valence-corrected chi connectivity index (χ2v) is 8.37. The van der Waals surface area contributed by atoms with Gasteiger partial charge < -0.3 is 4.74 Å². The highest BCUT2D eigenvalue weighted by Crippen LogP contribution is 2.41. The second-order valence-electron chi connectivity index (χ2n) is 5.63. The van der Waals surface area contributed by atoms with E-state index in [1.54, 1.807) is 0 Å². The average molecular weight is 440 g/mol. The van der Waals surface area contributed by atoms with E-state index in [1.807, 2.05) is 0 Å². The Kier molecular flexibility index (Phi) is 4.82. The van der Waals surface area contributed by atoms with Gasteiger partial charge in [-0.05, 0) is 30.3 Å². The minimum atomic E-state index is -4.69. The van der Waals surface area contributed by atoms with Crippen LogP contribution in [0.25, 0.3) is 0 Å². The number of hydrogen-bond donors (Lipinski definition) is 0. The van der Waals surface area contributed by atoms with Crippen LogP contribution in [0, 0.1) is 0 Å².